The molecule has 1 aromatic carbocycles. The first-order chi connectivity index (χ1) is 9.36. The minimum atomic E-state index is -1.35. The second-order valence-corrected chi connectivity index (χ2v) is 4.19. The number of rotatable bonds is 2. The van der Waals surface area contributed by atoms with Gasteiger partial charge in [0.2, 0.25) is 0 Å². The van der Waals surface area contributed by atoms with Gasteiger partial charge in [-0.25, -0.2) is 18.2 Å². The summed E-state index contributed by atoms with van der Waals surface area (Å²) in [5.41, 5.74) is 4.91. The first kappa shape index (κ1) is 14.1. The Kier molecular flexibility index (Phi) is 3.80. The molecular formula is C12H7ClF3N3O. The predicted octanol–water partition coefficient (Wildman–Crippen LogP) is 2.99. The number of carbonyl (C=O) groups is 1. The molecule has 20 heavy (non-hydrogen) atoms. The van der Waals surface area contributed by atoms with E-state index in [9.17, 15) is 18.0 Å². The average molecular weight is 302 g/mol. The summed E-state index contributed by atoms with van der Waals surface area (Å²) < 4.78 is 39.1. The molecule has 0 unspecified atom stereocenters. The van der Waals surface area contributed by atoms with Crippen LogP contribution in [0.4, 0.5) is 24.7 Å². The molecule has 1 amide bonds. The van der Waals surface area contributed by atoms with Crippen LogP contribution in [0.2, 0.25) is 5.15 Å². The van der Waals surface area contributed by atoms with Crippen LogP contribution >= 0.6 is 11.6 Å². The number of aromatic nitrogens is 1. The lowest BCUT2D eigenvalue weighted by molar-refractivity contribution is 0.102. The number of amides is 1. The number of nitrogens with two attached hydrogens (primary N) is 1. The highest BCUT2D eigenvalue weighted by molar-refractivity contribution is 6.30. The molecule has 2 aromatic rings. The Morgan fingerprint density at radius 2 is 1.75 bits per heavy atom. The van der Waals surface area contributed by atoms with E-state index in [1.165, 1.54) is 12.1 Å². The average Bonchev–Trinajstić information content (AvgIpc) is 2.34. The van der Waals surface area contributed by atoms with E-state index in [2.05, 4.69) is 10.3 Å². The minimum Gasteiger partial charge on any atom is -0.384 e. The highest BCUT2D eigenvalue weighted by Gasteiger charge is 2.14. The van der Waals surface area contributed by atoms with Crippen molar-refractivity contribution in [2.24, 2.45) is 0 Å². The molecule has 2 rings (SSSR count). The van der Waals surface area contributed by atoms with Crippen molar-refractivity contribution in [2.75, 3.05) is 11.1 Å². The Balaban J connectivity index is 2.30. The molecule has 0 bridgehead atoms. The highest BCUT2D eigenvalue weighted by atomic mass is 35.5. The van der Waals surface area contributed by atoms with E-state index in [1.54, 1.807) is 0 Å². The van der Waals surface area contributed by atoms with Gasteiger partial charge in [0.15, 0.2) is 11.6 Å². The molecule has 104 valence electrons. The summed E-state index contributed by atoms with van der Waals surface area (Å²) in [5, 5.41) is 2.06. The molecule has 0 atom stereocenters. The SMILES string of the molecule is Nc1cc(C(=O)Nc2cc(F)c(F)cc2F)cc(Cl)n1. The van der Waals surface area contributed by atoms with Crippen LogP contribution in [0.25, 0.3) is 0 Å². The minimum absolute atomic E-state index is 0.00610. The van der Waals surface area contributed by atoms with Gasteiger partial charge in [0, 0.05) is 17.7 Å². The lowest BCUT2D eigenvalue weighted by atomic mass is 10.2. The summed E-state index contributed by atoms with van der Waals surface area (Å²) in [7, 11) is 0. The van der Waals surface area contributed by atoms with Crippen molar-refractivity contribution in [3.05, 3.63) is 52.4 Å². The Labute approximate surface area is 116 Å². The smallest absolute Gasteiger partial charge is 0.255 e. The Morgan fingerprint density at radius 1 is 1.10 bits per heavy atom. The van der Waals surface area contributed by atoms with Gasteiger partial charge in [-0.05, 0) is 12.1 Å². The maximum absolute atomic E-state index is 13.4. The van der Waals surface area contributed by atoms with E-state index in [4.69, 9.17) is 17.3 Å². The van der Waals surface area contributed by atoms with Gasteiger partial charge in [-0.2, -0.15) is 0 Å². The number of halogens is 4. The summed E-state index contributed by atoms with van der Waals surface area (Å²) in [5.74, 6) is -4.53. The van der Waals surface area contributed by atoms with Gasteiger partial charge in [0.05, 0.1) is 5.69 Å². The highest BCUT2D eigenvalue weighted by Crippen LogP contribution is 2.20. The van der Waals surface area contributed by atoms with Gasteiger partial charge in [-0.3, -0.25) is 4.79 Å². The summed E-state index contributed by atoms with van der Waals surface area (Å²) in [6.07, 6.45) is 0. The Bertz CT molecular complexity index is 674. The number of carbonyl (C=O) groups excluding carboxylic acids is 1. The fraction of sp³-hybridized carbons (Fsp3) is 0. The van der Waals surface area contributed by atoms with Crippen LogP contribution in [0.3, 0.4) is 0 Å². The molecule has 0 saturated heterocycles. The standard InChI is InChI=1S/C12H7ClF3N3O/c13-10-1-5(2-11(17)19-10)12(20)18-9-4-7(15)6(14)3-8(9)16/h1-4H,(H2,17,19)(H,18,20). The van der Waals surface area contributed by atoms with Crippen LogP contribution < -0.4 is 11.1 Å². The van der Waals surface area contributed by atoms with Crippen molar-refractivity contribution in [3.8, 4) is 0 Å². The monoisotopic (exact) mass is 301 g/mol. The zero-order chi connectivity index (χ0) is 14.9. The second-order valence-electron chi connectivity index (χ2n) is 3.80. The third-order valence-electron chi connectivity index (χ3n) is 2.33. The fourth-order valence-electron chi connectivity index (χ4n) is 1.46. The molecule has 3 N–H and O–H groups in total. The van der Waals surface area contributed by atoms with E-state index in [0.717, 1.165) is 0 Å². The molecule has 1 heterocycles. The fourth-order valence-corrected chi connectivity index (χ4v) is 1.68. The van der Waals surface area contributed by atoms with Gasteiger partial charge >= 0.3 is 0 Å². The lowest BCUT2D eigenvalue weighted by Crippen LogP contribution is -2.14. The van der Waals surface area contributed by atoms with Gasteiger partial charge in [-0.1, -0.05) is 11.6 Å². The molecule has 0 aliphatic rings. The predicted molar refractivity (Wildman–Crippen MR) is 67.9 cm³/mol. The number of benzene rings is 1. The number of nitrogen functional groups attached to an aromatic ring is 1. The third-order valence-corrected chi connectivity index (χ3v) is 2.53. The van der Waals surface area contributed by atoms with Gasteiger partial charge < -0.3 is 11.1 Å². The molecule has 8 heteroatoms. The van der Waals surface area contributed by atoms with Crippen molar-refractivity contribution < 1.29 is 18.0 Å². The quantitative estimate of drug-likeness (QED) is 0.662. The molecule has 0 aliphatic carbocycles. The molecule has 4 nitrogen and oxygen atoms in total. The van der Waals surface area contributed by atoms with Crippen LogP contribution in [-0.2, 0) is 0 Å². The van der Waals surface area contributed by atoms with E-state index in [0.29, 0.717) is 12.1 Å². The number of hydrogen-bond acceptors (Lipinski definition) is 3. The Morgan fingerprint density at radius 3 is 2.40 bits per heavy atom. The summed E-state index contributed by atoms with van der Waals surface area (Å²) in [6, 6.07) is 3.28. The van der Waals surface area contributed by atoms with Crippen LogP contribution in [-0.4, -0.2) is 10.9 Å². The first-order valence-electron chi connectivity index (χ1n) is 5.26. The topological polar surface area (TPSA) is 68.0 Å². The molecule has 0 radical (unpaired) electrons. The number of pyridine rings is 1. The summed E-state index contributed by atoms with van der Waals surface area (Å²) >= 11 is 5.62. The number of hydrogen-bond donors (Lipinski definition) is 2. The summed E-state index contributed by atoms with van der Waals surface area (Å²) in [6.45, 7) is 0. The van der Waals surface area contributed by atoms with Crippen molar-refractivity contribution >= 4 is 29.0 Å². The maximum Gasteiger partial charge on any atom is 0.255 e. The van der Waals surface area contributed by atoms with E-state index < -0.39 is 29.0 Å². The van der Waals surface area contributed by atoms with Crippen LogP contribution in [0.5, 0.6) is 0 Å². The molecular weight excluding hydrogens is 295 g/mol. The maximum atomic E-state index is 13.4. The Hall–Kier alpha value is -2.28. The van der Waals surface area contributed by atoms with Gasteiger partial charge in [-0.15, -0.1) is 0 Å². The van der Waals surface area contributed by atoms with E-state index in [-0.39, 0.29) is 16.5 Å². The molecule has 0 aliphatic heterocycles. The van der Waals surface area contributed by atoms with Crippen LogP contribution in [0.1, 0.15) is 10.4 Å². The molecule has 0 saturated carbocycles. The van der Waals surface area contributed by atoms with Crippen molar-refractivity contribution in [1.82, 2.24) is 4.98 Å². The number of anilines is 2. The van der Waals surface area contributed by atoms with Crippen LogP contribution in [0, 0.1) is 17.5 Å². The van der Waals surface area contributed by atoms with E-state index >= 15 is 0 Å². The normalized spacial score (nSPS) is 10.4. The van der Waals surface area contributed by atoms with Crippen molar-refractivity contribution in [1.29, 1.82) is 0 Å². The zero-order valence-corrected chi connectivity index (χ0v) is 10.5. The number of nitrogens with one attached hydrogen (secondary N) is 1. The van der Waals surface area contributed by atoms with Crippen LogP contribution in [0.15, 0.2) is 24.3 Å². The second kappa shape index (κ2) is 5.38. The van der Waals surface area contributed by atoms with E-state index in [1.807, 2.05) is 0 Å². The third kappa shape index (κ3) is 3.00. The molecule has 1 aromatic heterocycles. The largest absolute Gasteiger partial charge is 0.384 e. The van der Waals surface area contributed by atoms with Gasteiger partial charge in [0.1, 0.15) is 16.8 Å². The summed E-state index contributed by atoms with van der Waals surface area (Å²) in [4.78, 5) is 15.5. The lowest BCUT2D eigenvalue weighted by Gasteiger charge is -2.07. The van der Waals surface area contributed by atoms with Crippen molar-refractivity contribution in [3.63, 3.8) is 0 Å². The van der Waals surface area contributed by atoms with Crippen molar-refractivity contribution in [2.45, 2.75) is 0 Å². The number of nitrogens with zero attached hydrogens (tertiary/aromatic N) is 1. The van der Waals surface area contributed by atoms with Gasteiger partial charge in [0.25, 0.3) is 5.91 Å². The molecule has 0 spiro atoms. The first-order valence-corrected chi connectivity index (χ1v) is 5.63. The molecule has 0 fully saturated rings. The zero-order valence-electron chi connectivity index (χ0n) is 9.75.